The molecule has 2 fully saturated rings. The Morgan fingerprint density at radius 1 is 1.35 bits per heavy atom. The molecule has 4 nitrogen and oxygen atoms in total. The molecule has 0 aromatic heterocycles. The molecule has 4 heteroatoms. The number of hydrogen-bond acceptors (Lipinski definition) is 4. The first-order chi connectivity index (χ1) is 8.16. The van der Waals surface area contributed by atoms with Crippen molar-refractivity contribution in [3.63, 3.8) is 0 Å². The summed E-state index contributed by atoms with van der Waals surface area (Å²) >= 11 is 0. The van der Waals surface area contributed by atoms with Crippen molar-refractivity contribution in [3.05, 3.63) is 0 Å². The Labute approximate surface area is 105 Å². The highest BCUT2D eigenvalue weighted by atomic mass is 16.5. The SMILES string of the molecule is CC1(C)CN(CCOC2CCNCC2)CCO1. The van der Waals surface area contributed by atoms with Crippen LogP contribution in [-0.4, -0.2) is 62.5 Å². The summed E-state index contributed by atoms with van der Waals surface area (Å²) in [4.78, 5) is 2.45. The molecule has 100 valence electrons. The van der Waals surface area contributed by atoms with Crippen LogP contribution in [-0.2, 0) is 9.47 Å². The van der Waals surface area contributed by atoms with Crippen molar-refractivity contribution in [2.24, 2.45) is 0 Å². The summed E-state index contributed by atoms with van der Waals surface area (Å²) in [5.74, 6) is 0. The van der Waals surface area contributed by atoms with Gasteiger partial charge in [-0.3, -0.25) is 4.90 Å². The van der Waals surface area contributed by atoms with Gasteiger partial charge in [0.25, 0.3) is 0 Å². The third kappa shape index (κ3) is 4.54. The van der Waals surface area contributed by atoms with Crippen LogP contribution in [0.5, 0.6) is 0 Å². The minimum absolute atomic E-state index is 0.00695. The van der Waals surface area contributed by atoms with E-state index in [2.05, 4.69) is 24.1 Å². The normalized spacial score (nSPS) is 27.2. The van der Waals surface area contributed by atoms with Crippen LogP contribution in [0.4, 0.5) is 0 Å². The van der Waals surface area contributed by atoms with E-state index in [0.29, 0.717) is 6.10 Å². The zero-order valence-corrected chi connectivity index (χ0v) is 11.2. The van der Waals surface area contributed by atoms with Gasteiger partial charge in [0.1, 0.15) is 0 Å². The first-order valence-corrected chi connectivity index (χ1v) is 6.84. The molecule has 2 aliphatic rings. The Hall–Kier alpha value is -0.160. The van der Waals surface area contributed by atoms with Crippen LogP contribution in [0.2, 0.25) is 0 Å². The maximum absolute atomic E-state index is 5.93. The number of piperidine rings is 1. The second kappa shape index (κ2) is 6.14. The Morgan fingerprint density at radius 3 is 2.82 bits per heavy atom. The van der Waals surface area contributed by atoms with E-state index >= 15 is 0 Å². The summed E-state index contributed by atoms with van der Waals surface area (Å²) in [6.07, 6.45) is 2.80. The largest absolute Gasteiger partial charge is 0.377 e. The highest BCUT2D eigenvalue weighted by Crippen LogP contribution is 2.16. The monoisotopic (exact) mass is 242 g/mol. The van der Waals surface area contributed by atoms with Gasteiger partial charge in [-0.2, -0.15) is 0 Å². The van der Waals surface area contributed by atoms with E-state index < -0.39 is 0 Å². The molecule has 0 bridgehead atoms. The fourth-order valence-corrected chi connectivity index (χ4v) is 2.62. The number of morpholine rings is 1. The predicted molar refractivity (Wildman–Crippen MR) is 68.3 cm³/mol. The van der Waals surface area contributed by atoms with Crippen molar-refractivity contribution in [3.8, 4) is 0 Å². The third-order valence-electron chi connectivity index (χ3n) is 3.55. The minimum Gasteiger partial charge on any atom is -0.377 e. The van der Waals surface area contributed by atoms with Crippen molar-refractivity contribution in [1.82, 2.24) is 10.2 Å². The lowest BCUT2D eigenvalue weighted by atomic mass is 10.1. The number of nitrogens with zero attached hydrogens (tertiary/aromatic N) is 1. The molecule has 0 amide bonds. The summed E-state index contributed by atoms with van der Waals surface area (Å²) in [6.45, 7) is 11.3. The first-order valence-electron chi connectivity index (χ1n) is 6.84. The van der Waals surface area contributed by atoms with Gasteiger partial charge < -0.3 is 14.8 Å². The molecule has 0 aliphatic carbocycles. The van der Waals surface area contributed by atoms with Crippen LogP contribution in [0.1, 0.15) is 26.7 Å². The summed E-state index contributed by atoms with van der Waals surface area (Å²) in [5, 5.41) is 3.36. The lowest BCUT2D eigenvalue weighted by Gasteiger charge is -2.38. The topological polar surface area (TPSA) is 33.7 Å². The maximum atomic E-state index is 5.93. The number of rotatable bonds is 4. The lowest BCUT2D eigenvalue weighted by Crippen LogP contribution is -2.49. The fourth-order valence-electron chi connectivity index (χ4n) is 2.62. The number of nitrogens with one attached hydrogen (secondary N) is 1. The van der Waals surface area contributed by atoms with E-state index in [9.17, 15) is 0 Å². The Bertz CT molecular complexity index is 227. The average molecular weight is 242 g/mol. The van der Waals surface area contributed by atoms with Crippen molar-refractivity contribution in [1.29, 1.82) is 0 Å². The van der Waals surface area contributed by atoms with Gasteiger partial charge in [0.2, 0.25) is 0 Å². The van der Waals surface area contributed by atoms with Crippen LogP contribution in [0.25, 0.3) is 0 Å². The van der Waals surface area contributed by atoms with E-state index in [1.165, 1.54) is 0 Å². The summed E-state index contributed by atoms with van der Waals surface area (Å²) < 4.78 is 11.6. The standard InChI is InChI=1S/C13H26N2O2/c1-13(2)11-15(8-10-17-13)7-9-16-12-3-5-14-6-4-12/h12,14H,3-11H2,1-2H3. The van der Waals surface area contributed by atoms with Crippen LogP contribution in [0, 0.1) is 0 Å². The van der Waals surface area contributed by atoms with E-state index in [-0.39, 0.29) is 5.60 Å². The van der Waals surface area contributed by atoms with Crippen molar-refractivity contribution in [2.75, 3.05) is 45.9 Å². The molecule has 0 atom stereocenters. The molecule has 2 rings (SSSR count). The molecular formula is C13H26N2O2. The maximum Gasteiger partial charge on any atom is 0.0753 e. The number of hydrogen-bond donors (Lipinski definition) is 1. The molecule has 17 heavy (non-hydrogen) atoms. The highest BCUT2D eigenvalue weighted by Gasteiger charge is 2.26. The van der Waals surface area contributed by atoms with Crippen molar-refractivity contribution >= 4 is 0 Å². The van der Waals surface area contributed by atoms with Gasteiger partial charge in [-0.15, -0.1) is 0 Å². The quantitative estimate of drug-likeness (QED) is 0.793. The molecule has 2 aliphatic heterocycles. The van der Waals surface area contributed by atoms with Crippen LogP contribution in [0.15, 0.2) is 0 Å². The molecule has 1 N–H and O–H groups in total. The zero-order chi connectivity index (χ0) is 12.1. The third-order valence-corrected chi connectivity index (χ3v) is 3.55. The van der Waals surface area contributed by atoms with Gasteiger partial charge in [-0.1, -0.05) is 0 Å². The Kier molecular flexibility index (Phi) is 4.79. The van der Waals surface area contributed by atoms with Crippen LogP contribution >= 0.6 is 0 Å². The van der Waals surface area contributed by atoms with E-state index in [1.807, 2.05) is 0 Å². The number of ether oxygens (including phenoxy) is 2. The van der Waals surface area contributed by atoms with Gasteiger partial charge in [-0.05, 0) is 39.8 Å². The van der Waals surface area contributed by atoms with Crippen molar-refractivity contribution in [2.45, 2.75) is 38.4 Å². The van der Waals surface area contributed by atoms with E-state index in [4.69, 9.17) is 9.47 Å². The molecule has 0 saturated carbocycles. The Balaban J connectivity index is 1.61. The van der Waals surface area contributed by atoms with Gasteiger partial charge >= 0.3 is 0 Å². The second-order valence-corrected chi connectivity index (χ2v) is 5.70. The molecule has 0 unspecified atom stereocenters. The average Bonchev–Trinajstić information content (AvgIpc) is 2.29. The molecule has 0 spiro atoms. The molecule has 2 saturated heterocycles. The molecular weight excluding hydrogens is 216 g/mol. The summed E-state index contributed by atoms with van der Waals surface area (Å²) in [6, 6.07) is 0. The molecule has 0 aromatic carbocycles. The molecule has 2 heterocycles. The molecule has 0 radical (unpaired) electrons. The minimum atomic E-state index is 0.00695. The van der Waals surface area contributed by atoms with Gasteiger partial charge in [0, 0.05) is 19.6 Å². The lowest BCUT2D eigenvalue weighted by molar-refractivity contribution is -0.0929. The highest BCUT2D eigenvalue weighted by molar-refractivity contribution is 4.79. The van der Waals surface area contributed by atoms with E-state index in [1.54, 1.807) is 0 Å². The zero-order valence-electron chi connectivity index (χ0n) is 11.2. The van der Waals surface area contributed by atoms with Gasteiger partial charge in [0.05, 0.1) is 24.9 Å². The van der Waals surface area contributed by atoms with E-state index in [0.717, 1.165) is 58.8 Å². The second-order valence-electron chi connectivity index (χ2n) is 5.70. The smallest absolute Gasteiger partial charge is 0.0753 e. The summed E-state index contributed by atoms with van der Waals surface area (Å²) in [7, 11) is 0. The van der Waals surface area contributed by atoms with Crippen LogP contribution in [0.3, 0.4) is 0 Å². The predicted octanol–water partition coefficient (Wildman–Crippen LogP) is 0.866. The van der Waals surface area contributed by atoms with Gasteiger partial charge in [-0.25, -0.2) is 0 Å². The van der Waals surface area contributed by atoms with Gasteiger partial charge in [0.15, 0.2) is 0 Å². The van der Waals surface area contributed by atoms with Crippen LogP contribution < -0.4 is 5.32 Å². The fraction of sp³-hybridized carbons (Fsp3) is 1.00. The molecule has 0 aromatic rings. The first kappa shape index (κ1) is 13.3. The van der Waals surface area contributed by atoms with Crippen molar-refractivity contribution < 1.29 is 9.47 Å². The summed E-state index contributed by atoms with van der Waals surface area (Å²) in [5.41, 5.74) is 0.00695. The Morgan fingerprint density at radius 2 is 2.12 bits per heavy atom.